The van der Waals surface area contributed by atoms with Crippen LogP contribution >= 0.6 is 15.9 Å². The van der Waals surface area contributed by atoms with Gasteiger partial charge in [-0.1, -0.05) is 42.5 Å². The highest BCUT2D eigenvalue weighted by molar-refractivity contribution is 9.10. The highest BCUT2D eigenvalue weighted by Gasteiger charge is 2.16. The predicted octanol–water partition coefficient (Wildman–Crippen LogP) is 4.13. The van der Waals surface area contributed by atoms with Crippen LogP contribution in [0.25, 0.3) is 6.08 Å². The highest BCUT2D eigenvalue weighted by Crippen LogP contribution is 2.16. The van der Waals surface area contributed by atoms with Gasteiger partial charge in [0.15, 0.2) is 0 Å². The van der Waals surface area contributed by atoms with Gasteiger partial charge in [0.1, 0.15) is 11.5 Å². The summed E-state index contributed by atoms with van der Waals surface area (Å²) in [4.78, 5) is 25.2. The Bertz CT molecular complexity index is 951. The van der Waals surface area contributed by atoms with Gasteiger partial charge in [-0.2, -0.15) is 0 Å². The summed E-state index contributed by atoms with van der Waals surface area (Å²) in [6.45, 7) is 0.347. The fourth-order valence-corrected chi connectivity index (χ4v) is 2.85. The van der Waals surface area contributed by atoms with Gasteiger partial charge in [0.25, 0.3) is 11.8 Å². The topological polar surface area (TPSA) is 71.3 Å². The molecule has 0 bridgehead atoms. The lowest BCUT2D eigenvalue weighted by Crippen LogP contribution is -2.34. The lowest BCUT2D eigenvalue weighted by molar-refractivity contribution is -0.117. The Morgan fingerprint density at radius 3 is 2.41 bits per heavy atom. The molecule has 1 aromatic heterocycles. The molecule has 27 heavy (non-hydrogen) atoms. The second-order valence-corrected chi connectivity index (χ2v) is 6.53. The molecule has 0 spiro atoms. The smallest absolute Gasteiger partial charge is 0.268 e. The summed E-state index contributed by atoms with van der Waals surface area (Å²) in [5.74, 6) is -0.335. The molecule has 2 aromatic carbocycles. The van der Waals surface area contributed by atoms with Gasteiger partial charge >= 0.3 is 0 Å². The summed E-state index contributed by atoms with van der Waals surface area (Å²) in [5, 5.41) is 5.48. The van der Waals surface area contributed by atoms with E-state index in [1.54, 1.807) is 30.3 Å². The molecule has 1 heterocycles. The Morgan fingerprint density at radius 2 is 1.70 bits per heavy atom. The molecular formula is C21H17BrN2O3. The summed E-state index contributed by atoms with van der Waals surface area (Å²) in [6, 6.07) is 19.9. The van der Waals surface area contributed by atoms with Crippen LogP contribution in [0.3, 0.4) is 0 Å². The average Bonchev–Trinajstić information content (AvgIpc) is 3.20. The molecule has 6 heteroatoms. The summed E-state index contributed by atoms with van der Waals surface area (Å²) in [7, 11) is 0. The van der Waals surface area contributed by atoms with Crippen molar-refractivity contribution in [3.8, 4) is 0 Å². The number of furan rings is 1. The van der Waals surface area contributed by atoms with E-state index in [0.29, 0.717) is 22.3 Å². The zero-order valence-corrected chi connectivity index (χ0v) is 15.9. The normalized spacial score (nSPS) is 11.1. The van der Waals surface area contributed by atoms with E-state index in [0.717, 1.165) is 5.56 Å². The molecule has 3 rings (SSSR count). The monoisotopic (exact) mass is 424 g/mol. The summed E-state index contributed by atoms with van der Waals surface area (Å²) in [6.07, 6.45) is 3.00. The number of benzene rings is 2. The second-order valence-electron chi connectivity index (χ2n) is 5.68. The third-order valence-electron chi connectivity index (χ3n) is 3.74. The van der Waals surface area contributed by atoms with Crippen LogP contribution in [0.1, 0.15) is 21.7 Å². The van der Waals surface area contributed by atoms with Crippen LogP contribution in [0.15, 0.2) is 87.6 Å². The molecule has 0 saturated carbocycles. The minimum atomic E-state index is -0.407. The van der Waals surface area contributed by atoms with Crippen molar-refractivity contribution in [2.75, 3.05) is 0 Å². The maximum atomic E-state index is 12.6. The SMILES string of the molecule is O=C(NCc1ccccc1)/C(=C/c1ccco1)NC(=O)c1ccccc1Br. The second kappa shape index (κ2) is 9.00. The number of carbonyl (C=O) groups excluding carboxylic acids is 2. The standard InChI is InChI=1S/C21H17BrN2O3/c22-18-11-5-4-10-17(18)20(25)24-19(13-16-9-6-12-27-16)21(26)23-14-15-7-2-1-3-8-15/h1-13H,14H2,(H,23,26)(H,24,25)/b19-13-. The lowest BCUT2D eigenvalue weighted by atomic mass is 10.2. The molecule has 2 N–H and O–H groups in total. The molecule has 136 valence electrons. The van der Waals surface area contributed by atoms with Crippen molar-refractivity contribution in [1.82, 2.24) is 10.6 Å². The van der Waals surface area contributed by atoms with E-state index in [-0.39, 0.29) is 5.70 Å². The van der Waals surface area contributed by atoms with Crippen molar-refractivity contribution in [2.45, 2.75) is 6.54 Å². The fourth-order valence-electron chi connectivity index (χ4n) is 2.38. The van der Waals surface area contributed by atoms with E-state index >= 15 is 0 Å². The van der Waals surface area contributed by atoms with Crippen molar-refractivity contribution >= 4 is 33.8 Å². The number of rotatable bonds is 6. The number of carbonyl (C=O) groups is 2. The van der Waals surface area contributed by atoms with E-state index in [4.69, 9.17) is 4.42 Å². The van der Waals surface area contributed by atoms with Crippen LogP contribution in [-0.4, -0.2) is 11.8 Å². The fraction of sp³-hybridized carbons (Fsp3) is 0.0476. The van der Waals surface area contributed by atoms with Gasteiger partial charge in [-0.25, -0.2) is 0 Å². The summed E-state index contributed by atoms with van der Waals surface area (Å²) < 4.78 is 5.91. The minimum Gasteiger partial charge on any atom is -0.465 e. The molecule has 3 aromatic rings. The Labute approximate surface area is 165 Å². The van der Waals surface area contributed by atoms with Gasteiger partial charge < -0.3 is 15.1 Å². The first-order chi connectivity index (χ1) is 13.1. The zero-order chi connectivity index (χ0) is 19.1. The highest BCUT2D eigenvalue weighted by atomic mass is 79.9. The Kier molecular flexibility index (Phi) is 6.22. The van der Waals surface area contributed by atoms with Crippen molar-refractivity contribution in [3.05, 3.63) is 100 Å². The predicted molar refractivity (Wildman–Crippen MR) is 107 cm³/mol. The van der Waals surface area contributed by atoms with Gasteiger partial charge in [-0.3, -0.25) is 9.59 Å². The quantitative estimate of drug-likeness (QED) is 0.584. The number of halogens is 1. The maximum Gasteiger partial charge on any atom is 0.268 e. The van der Waals surface area contributed by atoms with E-state index in [9.17, 15) is 9.59 Å². The molecule has 0 unspecified atom stereocenters. The van der Waals surface area contributed by atoms with Crippen molar-refractivity contribution in [3.63, 3.8) is 0 Å². The van der Waals surface area contributed by atoms with Gasteiger partial charge in [0, 0.05) is 17.1 Å². The molecule has 0 aliphatic rings. The molecule has 0 fully saturated rings. The molecular weight excluding hydrogens is 408 g/mol. The first-order valence-corrected chi connectivity index (χ1v) is 9.06. The Balaban J connectivity index is 1.78. The number of hydrogen-bond acceptors (Lipinski definition) is 3. The minimum absolute atomic E-state index is 0.0987. The number of nitrogens with one attached hydrogen (secondary N) is 2. The molecule has 2 amide bonds. The van der Waals surface area contributed by atoms with Gasteiger partial charge in [0.05, 0.1) is 11.8 Å². The summed E-state index contributed by atoms with van der Waals surface area (Å²) in [5.41, 5.74) is 1.49. The van der Waals surface area contributed by atoms with Crippen LogP contribution < -0.4 is 10.6 Å². The molecule has 0 aliphatic carbocycles. The van der Waals surface area contributed by atoms with Crippen molar-refractivity contribution in [2.24, 2.45) is 0 Å². The molecule has 0 radical (unpaired) electrons. The van der Waals surface area contributed by atoms with Crippen LogP contribution in [0, 0.1) is 0 Å². The molecule has 5 nitrogen and oxygen atoms in total. The zero-order valence-electron chi connectivity index (χ0n) is 14.3. The number of hydrogen-bond donors (Lipinski definition) is 2. The van der Waals surface area contributed by atoms with Crippen LogP contribution in [-0.2, 0) is 11.3 Å². The Morgan fingerprint density at radius 1 is 0.963 bits per heavy atom. The molecule has 0 atom stereocenters. The van der Waals surface area contributed by atoms with Crippen LogP contribution in [0.5, 0.6) is 0 Å². The molecule has 0 saturated heterocycles. The van der Waals surface area contributed by atoms with E-state index in [2.05, 4.69) is 26.6 Å². The van der Waals surface area contributed by atoms with Crippen molar-refractivity contribution in [1.29, 1.82) is 0 Å². The first-order valence-electron chi connectivity index (χ1n) is 8.26. The third kappa shape index (κ3) is 5.18. The van der Waals surface area contributed by atoms with Crippen LogP contribution in [0.4, 0.5) is 0 Å². The molecule has 0 aliphatic heterocycles. The third-order valence-corrected chi connectivity index (χ3v) is 4.43. The largest absolute Gasteiger partial charge is 0.465 e. The van der Waals surface area contributed by atoms with Gasteiger partial charge in [-0.05, 0) is 45.8 Å². The maximum absolute atomic E-state index is 12.6. The van der Waals surface area contributed by atoms with E-state index in [1.165, 1.54) is 12.3 Å². The lowest BCUT2D eigenvalue weighted by Gasteiger charge is -2.11. The summed E-state index contributed by atoms with van der Waals surface area (Å²) >= 11 is 3.35. The van der Waals surface area contributed by atoms with E-state index < -0.39 is 11.8 Å². The average molecular weight is 425 g/mol. The Hall–Kier alpha value is -3.12. The van der Waals surface area contributed by atoms with Gasteiger partial charge in [0.2, 0.25) is 0 Å². The van der Waals surface area contributed by atoms with Crippen molar-refractivity contribution < 1.29 is 14.0 Å². The first kappa shape index (κ1) is 18.7. The van der Waals surface area contributed by atoms with Gasteiger partial charge in [-0.15, -0.1) is 0 Å². The number of amides is 2. The van der Waals surface area contributed by atoms with Crippen LogP contribution in [0.2, 0.25) is 0 Å². The van der Waals surface area contributed by atoms with E-state index in [1.807, 2.05) is 36.4 Å².